The average molecular weight is 574 g/mol. The minimum Gasteiger partial charge on any atom is -0.490 e. The van der Waals surface area contributed by atoms with Gasteiger partial charge in [-0.25, -0.2) is 0 Å². The molecule has 0 radical (unpaired) electrons. The van der Waals surface area contributed by atoms with Crippen molar-refractivity contribution in [3.63, 3.8) is 0 Å². The molecule has 0 aliphatic rings. The lowest BCUT2D eigenvalue weighted by molar-refractivity contribution is -0.112. The van der Waals surface area contributed by atoms with E-state index in [2.05, 4.69) is 5.32 Å². The highest BCUT2D eigenvalue weighted by Crippen LogP contribution is 2.37. The number of anilines is 1. The van der Waals surface area contributed by atoms with Gasteiger partial charge in [-0.1, -0.05) is 36.4 Å². The van der Waals surface area contributed by atoms with E-state index in [1.807, 2.05) is 34.7 Å². The molecule has 33 heavy (non-hydrogen) atoms. The van der Waals surface area contributed by atoms with E-state index in [0.717, 1.165) is 0 Å². The SMILES string of the molecule is CCOc1cc(/C=C(\C#N)C(=O)Nc2ccccc2)cc(I)c1OS(=O)(=O)c1ccccc1. The van der Waals surface area contributed by atoms with Crippen molar-refractivity contribution in [2.24, 2.45) is 0 Å². The first-order chi connectivity index (χ1) is 15.8. The Bertz CT molecular complexity index is 1320. The number of para-hydroxylation sites is 1. The van der Waals surface area contributed by atoms with Gasteiger partial charge in [-0.2, -0.15) is 13.7 Å². The molecule has 168 valence electrons. The summed E-state index contributed by atoms with van der Waals surface area (Å²) in [5, 5.41) is 12.2. The number of ether oxygens (including phenoxy) is 1. The number of benzene rings is 3. The van der Waals surface area contributed by atoms with Gasteiger partial charge >= 0.3 is 10.1 Å². The van der Waals surface area contributed by atoms with E-state index >= 15 is 0 Å². The van der Waals surface area contributed by atoms with Crippen molar-refractivity contribution in [2.45, 2.75) is 11.8 Å². The average Bonchev–Trinajstić information content (AvgIpc) is 2.81. The number of rotatable bonds is 8. The van der Waals surface area contributed by atoms with Gasteiger partial charge < -0.3 is 14.2 Å². The van der Waals surface area contributed by atoms with Crippen LogP contribution in [0.4, 0.5) is 5.69 Å². The highest BCUT2D eigenvalue weighted by atomic mass is 127. The number of nitriles is 1. The molecule has 0 aromatic heterocycles. The smallest absolute Gasteiger partial charge is 0.339 e. The summed E-state index contributed by atoms with van der Waals surface area (Å²) in [7, 11) is -4.08. The lowest BCUT2D eigenvalue weighted by atomic mass is 10.1. The number of carbonyl (C=O) groups is 1. The van der Waals surface area contributed by atoms with Crippen molar-refractivity contribution in [1.29, 1.82) is 5.26 Å². The third-order valence-electron chi connectivity index (χ3n) is 4.26. The highest BCUT2D eigenvalue weighted by molar-refractivity contribution is 14.1. The van der Waals surface area contributed by atoms with Crippen molar-refractivity contribution in [1.82, 2.24) is 0 Å². The molecule has 0 aliphatic carbocycles. The van der Waals surface area contributed by atoms with Crippen molar-refractivity contribution in [2.75, 3.05) is 11.9 Å². The fourth-order valence-corrected chi connectivity index (χ4v) is 4.66. The highest BCUT2D eigenvalue weighted by Gasteiger charge is 2.22. The van der Waals surface area contributed by atoms with E-state index in [1.54, 1.807) is 55.5 Å². The molecule has 0 atom stereocenters. The van der Waals surface area contributed by atoms with E-state index in [-0.39, 0.29) is 28.6 Å². The van der Waals surface area contributed by atoms with Crippen molar-refractivity contribution in [3.05, 3.63) is 87.5 Å². The zero-order chi connectivity index (χ0) is 23.8. The van der Waals surface area contributed by atoms with Crippen LogP contribution < -0.4 is 14.2 Å². The van der Waals surface area contributed by atoms with Gasteiger partial charge in [-0.3, -0.25) is 4.79 Å². The van der Waals surface area contributed by atoms with Crippen molar-refractivity contribution >= 4 is 50.4 Å². The number of carbonyl (C=O) groups excluding carboxylic acids is 1. The molecule has 0 aliphatic heterocycles. The summed E-state index contributed by atoms with van der Waals surface area (Å²) >= 11 is 1.92. The van der Waals surface area contributed by atoms with Crippen LogP contribution in [-0.4, -0.2) is 20.9 Å². The van der Waals surface area contributed by atoms with E-state index in [1.165, 1.54) is 24.3 Å². The van der Waals surface area contributed by atoms with E-state index in [4.69, 9.17) is 8.92 Å². The molecule has 0 saturated heterocycles. The summed E-state index contributed by atoms with van der Waals surface area (Å²) in [6.07, 6.45) is 1.40. The van der Waals surface area contributed by atoms with Gasteiger partial charge in [0.05, 0.1) is 10.2 Å². The number of nitrogens with zero attached hydrogens (tertiary/aromatic N) is 1. The Morgan fingerprint density at radius 1 is 1.09 bits per heavy atom. The second-order valence-corrected chi connectivity index (χ2v) is 9.31. The lowest BCUT2D eigenvalue weighted by Crippen LogP contribution is -2.13. The zero-order valence-corrected chi connectivity index (χ0v) is 20.5. The van der Waals surface area contributed by atoms with Crippen LogP contribution in [0.1, 0.15) is 12.5 Å². The van der Waals surface area contributed by atoms with Gasteiger partial charge in [0.15, 0.2) is 11.5 Å². The van der Waals surface area contributed by atoms with Gasteiger partial charge in [0, 0.05) is 5.69 Å². The molecule has 0 spiro atoms. The predicted octanol–water partition coefficient (Wildman–Crippen LogP) is 5.00. The number of hydrogen-bond donors (Lipinski definition) is 1. The Morgan fingerprint density at radius 3 is 2.33 bits per heavy atom. The fraction of sp³-hybridized carbons (Fsp3) is 0.0833. The number of nitrogens with one attached hydrogen (secondary N) is 1. The zero-order valence-electron chi connectivity index (χ0n) is 17.5. The molecule has 0 fully saturated rings. The third-order valence-corrected chi connectivity index (χ3v) is 6.30. The second kappa shape index (κ2) is 11.0. The summed E-state index contributed by atoms with van der Waals surface area (Å²) in [6.45, 7) is 2.00. The van der Waals surface area contributed by atoms with Crippen LogP contribution in [0.15, 0.2) is 83.3 Å². The largest absolute Gasteiger partial charge is 0.490 e. The van der Waals surface area contributed by atoms with Crippen LogP contribution in [0, 0.1) is 14.9 Å². The molecule has 1 amide bonds. The molecule has 3 rings (SSSR count). The van der Waals surface area contributed by atoms with Gasteiger partial charge in [0.2, 0.25) is 0 Å². The standard InChI is InChI=1S/C24H19IN2O5S/c1-2-31-22-15-17(13-18(16-26)24(28)27-19-9-5-3-6-10-19)14-21(25)23(22)32-33(29,30)20-11-7-4-8-12-20/h3-15H,2H2,1H3,(H,27,28)/b18-13+. The Hall–Kier alpha value is -3.36. The Balaban J connectivity index is 1.94. The van der Waals surface area contributed by atoms with E-state index in [0.29, 0.717) is 14.8 Å². The van der Waals surface area contributed by atoms with Gasteiger partial charge in [0.25, 0.3) is 5.91 Å². The van der Waals surface area contributed by atoms with Gasteiger partial charge in [-0.15, -0.1) is 0 Å². The van der Waals surface area contributed by atoms with Crippen LogP contribution in [0.5, 0.6) is 11.5 Å². The molecule has 3 aromatic carbocycles. The van der Waals surface area contributed by atoms with Crippen LogP contribution >= 0.6 is 22.6 Å². The molecule has 9 heteroatoms. The molecule has 0 saturated carbocycles. The predicted molar refractivity (Wildman–Crippen MR) is 133 cm³/mol. The summed E-state index contributed by atoms with van der Waals surface area (Å²) in [5.41, 5.74) is 0.915. The minimum atomic E-state index is -4.08. The maximum Gasteiger partial charge on any atom is 0.339 e. The molecule has 7 nitrogen and oxygen atoms in total. The van der Waals surface area contributed by atoms with E-state index in [9.17, 15) is 18.5 Å². The maximum atomic E-state index is 12.7. The molecule has 1 N–H and O–H groups in total. The minimum absolute atomic E-state index is 0.0107. The molecular weight excluding hydrogens is 555 g/mol. The summed E-state index contributed by atoms with van der Waals surface area (Å²) in [5.74, 6) is -0.356. The molecule has 0 bridgehead atoms. The van der Waals surface area contributed by atoms with Gasteiger partial charge in [0.1, 0.15) is 16.5 Å². The molecular formula is C24H19IN2O5S. The first-order valence-corrected chi connectivity index (χ1v) is 12.3. The maximum absolute atomic E-state index is 12.7. The first-order valence-electron chi connectivity index (χ1n) is 9.78. The summed E-state index contributed by atoms with van der Waals surface area (Å²) < 4.78 is 36.8. The lowest BCUT2D eigenvalue weighted by Gasteiger charge is -2.14. The number of hydrogen-bond acceptors (Lipinski definition) is 6. The number of amides is 1. The fourth-order valence-electron chi connectivity index (χ4n) is 2.80. The monoisotopic (exact) mass is 574 g/mol. The quantitative estimate of drug-likeness (QED) is 0.176. The van der Waals surface area contributed by atoms with Crippen LogP contribution in [0.3, 0.4) is 0 Å². The number of halogens is 1. The summed E-state index contributed by atoms with van der Waals surface area (Å²) in [6, 6.07) is 21.6. The topological polar surface area (TPSA) is 105 Å². The Kier molecular flexibility index (Phi) is 8.08. The first kappa shape index (κ1) is 24.3. The molecule has 3 aromatic rings. The van der Waals surface area contributed by atoms with Gasteiger partial charge in [-0.05, 0) is 77.6 Å². The van der Waals surface area contributed by atoms with Crippen molar-refractivity contribution < 1.29 is 22.1 Å². The van der Waals surface area contributed by atoms with Crippen molar-refractivity contribution in [3.8, 4) is 17.6 Å². The summed E-state index contributed by atoms with van der Waals surface area (Å²) in [4.78, 5) is 12.5. The Morgan fingerprint density at radius 2 is 1.73 bits per heavy atom. The Labute approximate surface area is 205 Å². The third kappa shape index (κ3) is 6.34. The molecule has 0 unspecified atom stereocenters. The van der Waals surface area contributed by atoms with Crippen LogP contribution in [0.2, 0.25) is 0 Å². The van der Waals surface area contributed by atoms with E-state index < -0.39 is 16.0 Å². The molecule has 0 heterocycles. The second-order valence-electron chi connectivity index (χ2n) is 6.60. The van der Waals surface area contributed by atoms with Crippen LogP contribution in [-0.2, 0) is 14.9 Å². The normalized spacial score (nSPS) is 11.4. The van der Waals surface area contributed by atoms with Crippen LogP contribution in [0.25, 0.3) is 6.08 Å².